The predicted molar refractivity (Wildman–Crippen MR) is 207 cm³/mol. The number of hydrogen-bond acceptors (Lipinski definition) is 11. The van der Waals surface area contributed by atoms with Gasteiger partial charge in [0.1, 0.15) is 24.2 Å². The lowest BCUT2D eigenvalue weighted by atomic mass is 9.76. The van der Waals surface area contributed by atoms with Crippen LogP contribution in [-0.4, -0.2) is 105 Å². The molecule has 0 aromatic heterocycles. The molecule has 2 aromatic carbocycles. The van der Waals surface area contributed by atoms with E-state index in [2.05, 4.69) is 39.8 Å². The van der Waals surface area contributed by atoms with Gasteiger partial charge in [-0.05, 0) is 61.3 Å². The Bertz CT molecular complexity index is 1550. The number of fused-ring (bicyclic) bond motifs is 3. The fourth-order valence-electron chi connectivity index (χ4n) is 10.2. The Kier molecular flexibility index (Phi) is 12.5. The van der Waals surface area contributed by atoms with Gasteiger partial charge in [-0.15, -0.1) is 0 Å². The van der Waals surface area contributed by atoms with Crippen molar-refractivity contribution >= 4 is 0 Å². The van der Waals surface area contributed by atoms with E-state index in [0.29, 0.717) is 38.6 Å². The van der Waals surface area contributed by atoms with Crippen molar-refractivity contribution < 1.29 is 52.5 Å². The van der Waals surface area contributed by atoms with Crippen LogP contribution in [0.5, 0.6) is 5.75 Å². The van der Waals surface area contributed by atoms with Gasteiger partial charge in [0.2, 0.25) is 0 Å². The highest BCUT2D eigenvalue weighted by Crippen LogP contribution is 2.51. The SMILES string of the molecule is COc1ccc(CO[C@@H]2C[C@H](C)C[C@@H]3O[C@@H]4[C@@H](C)[C@H](OCOCc5ccccc5)[C@@H]5O[C@]6(CCCO6)[C@@H](C)[C@H](C)[C@H]5O[C@H]4C[C@H]3O[C@H]2C[C@H]2O[C@@]2(C)CO)cc1. The minimum absolute atomic E-state index is 0.0309. The maximum atomic E-state index is 10.1. The summed E-state index contributed by atoms with van der Waals surface area (Å²) in [4.78, 5) is 0. The van der Waals surface area contributed by atoms with Gasteiger partial charge in [-0.25, -0.2) is 0 Å². The van der Waals surface area contributed by atoms with Crippen LogP contribution in [0.2, 0.25) is 0 Å². The van der Waals surface area contributed by atoms with E-state index in [1.165, 1.54) is 0 Å². The Morgan fingerprint density at radius 2 is 1.52 bits per heavy atom. The molecule has 11 nitrogen and oxygen atoms in total. The maximum Gasteiger partial charge on any atom is 0.171 e. The van der Waals surface area contributed by atoms with Crippen molar-refractivity contribution in [3.05, 3.63) is 65.7 Å². The molecule has 6 heterocycles. The monoisotopic (exact) mass is 780 g/mol. The molecule has 6 aliphatic heterocycles. The molecule has 6 fully saturated rings. The van der Waals surface area contributed by atoms with Gasteiger partial charge in [0.05, 0.1) is 88.5 Å². The number of aliphatic hydroxyl groups is 1. The summed E-state index contributed by atoms with van der Waals surface area (Å²) in [6.45, 7) is 12.7. The first kappa shape index (κ1) is 40.6. The highest BCUT2D eigenvalue weighted by Gasteiger charge is 2.61. The third-order valence-electron chi connectivity index (χ3n) is 13.9. The Morgan fingerprint density at radius 1 is 0.768 bits per heavy atom. The minimum Gasteiger partial charge on any atom is -0.497 e. The first-order chi connectivity index (χ1) is 27.1. The van der Waals surface area contributed by atoms with Crippen LogP contribution in [0.4, 0.5) is 0 Å². The Hall–Kier alpha value is -2.16. The summed E-state index contributed by atoms with van der Waals surface area (Å²) < 4.78 is 66.2. The van der Waals surface area contributed by atoms with E-state index in [-0.39, 0.29) is 92.2 Å². The highest BCUT2D eigenvalue weighted by molar-refractivity contribution is 5.26. The first-order valence-electron chi connectivity index (χ1n) is 21.1. The summed E-state index contributed by atoms with van der Waals surface area (Å²) in [5.74, 6) is 0.695. The van der Waals surface area contributed by atoms with Crippen molar-refractivity contribution in [3.8, 4) is 5.75 Å². The summed E-state index contributed by atoms with van der Waals surface area (Å²) in [7, 11) is 1.67. The number of rotatable bonds is 12. The predicted octanol–water partition coefficient (Wildman–Crippen LogP) is 6.60. The molecular formula is C45H64O11. The van der Waals surface area contributed by atoms with Crippen LogP contribution in [0, 0.1) is 23.7 Å². The van der Waals surface area contributed by atoms with Crippen LogP contribution < -0.4 is 4.74 Å². The minimum atomic E-state index is -0.656. The largest absolute Gasteiger partial charge is 0.497 e. The standard InChI is InChI=1S/C45H64O11/c1-27-19-34(49-24-32-13-15-33(47-6)16-14-32)37(22-39-44(5,25-46)55-39)52-36-21-38-40(53-35(36)20-27)29(3)41(50-26-48-23-31-11-8-7-9-12-31)43-42(54-38)28(2)30(4)45(56-43)17-10-18-51-45/h7-9,11-16,27-30,34-43,46H,10,17-26H2,1-6H3/t27-,28-,29+,30-,34+,35-,36+,37-,38-,39+,40+,41-,42+,43-,44-,45+/m0/s1. The molecule has 6 aliphatic rings. The highest BCUT2D eigenvalue weighted by atomic mass is 16.7. The van der Waals surface area contributed by atoms with Crippen molar-refractivity contribution in [1.29, 1.82) is 0 Å². The second-order valence-electron chi connectivity index (χ2n) is 17.8. The fourth-order valence-corrected chi connectivity index (χ4v) is 10.2. The lowest BCUT2D eigenvalue weighted by molar-refractivity contribution is -0.343. The zero-order valence-corrected chi connectivity index (χ0v) is 34.1. The Balaban J connectivity index is 1.03. The molecule has 0 aliphatic carbocycles. The zero-order valence-electron chi connectivity index (χ0n) is 34.1. The topological polar surface area (TPSA) is 116 Å². The molecule has 6 saturated heterocycles. The van der Waals surface area contributed by atoms with Gasteiger partial charge >= 0.3 is 0 Å². The summed E-state index contributed by atoms with van der Waals surface area (Å²) >= 11 is 0. The van der Waals surface area contributed by atoms with E-state index in [4.69, 9.17) is 47.4 Å². The number of epoxide rings is 1. The summed E-state index contributed by atoms with van der Waals surface area (Å²) in [6, 6.07) is 18.2. The van der Waals surface area contributed by atoms with E-state index in [1.807, 2.05) is 49.4 Å². The van der Waals surface area contributed by atoms with Gasteiger partial charge < -0.3 is 52.5 Å². The Labute approximate surface area is 332 Å². The van der Waals surface area contributed by atoms with E-state index in [9.17, 15) is 5.11 Å². The molecular weight excluding hydrogens is 716 g/mol. The molecule has 8 rings (SSSR count). The van der Waals surface area contributed by atoms with Crippen molar-refractivity contribution in [2.24, 2.45) is 23.7 Å². The molecule has 0 radical (unpaired) electrons. The number of benzene rings is 2. The summed E-state index contributed by atoms with van der Waals surface area (Å²) in [6.07, 6.45) is 2.51. The quantitative estimate of drug-likeness (QED) is 0.143. The fraction of sp³-hybridized carbons (Fsp3) is 0.733. The van der Waals surface area contributed by atoms with Gasteiger partial charge in [-0.2, -0.15) is 0 Å². The van der Waals surface area contributed by atoms with Crippen molar-refractivity contribution in [2.45, 2.75) is 159 Å². The molecule has 56 heavy (non-hydrogen) atoms. The lowest BCUT2D eigenvalue weighted by Crippen LogP contribution is -2.61. The zero-order chi connectivity index (χ0) is 39.0. The van der Waals surface area contributed by atoms with Gasteiger partial charge in [-0.1, -0.05) is 70.2 Å². The number of aliphatic hydroxyl groups excluding tert-OH is 1. The van der Waals surface area contributed by atoms with Crippen LogP contribution >= 0.6 is 0 Å². The molecule has 1 N–H and O–H groups in total. The smallest absolute Gasteiger partial charge is 0.171 e. The number of hydrogen-bond donors (Lipinski definition) is 1. The van der Waals surface area contributed by atoms with E-state index in [0.717, 1.165) is 42.6 Å². The van der Waals surface area contributed by atoms with Crippen LogP contribution in [0.1, 0.15) is 84.3 Å². The average Bonchev–Trinajstić information content (AvgIpc) is 3.64. The normalized spacial score (nSPS) is 43.5. The molecule has 11 heteroatoms. The molecule has 0 bridgehead atoms. The average molecular weight is 781 g/mol. The van der Waals surface area contributed by atoms with E-state index >= 15 is 0 Å². The molecule has 2 aromatic rings. The molecule has 0 amide bonds. The molecule has 0 unspecified atom stereocenters. The van der Waals surface area contributed by atoms with Crippen LogP contribution in [0.15, 0.2) is 54.6 Å². The van der Waals surface area contributed by atoms with E-state index < -0.39 is 11.4 Å². The third-order valence-corrected chi connectivity index (χ3v) is 13.9. The molecule has 16 atom stereocenters. The second kappa shape index (κ2) is 17.2. The molecule has 0 saturated carbocycles. The molecule has 310 valence electrons. The van der Waals surface area contributed by atoms with Gasteiger partial charge in [0, 0.05) is 31.1 Å². The lowest BCUT2D eigenvalue weighted by Gasteiger charge is -2.51. The summed E-state index contributed by atoms with van der Waals surface area (Å²) in [5.41, 5.74) is 1.61. The van der Waals surface area contributed by atoms with Crippen molar-refractivity contribution in [3.63, 3.8) is 0 Å². The van der Waals surface area contributed by atoms with Gasteiger partial charge in [0.25, 0.3) is 0 Å². The van der Waals surface area contributed by atoms with Gasteiger partial charge in [-0.3, -0.25) is 0 Å². The van der Waals surface area contributed by atoms with E-state index in [1.54, 1.807) is 7.11 Å². The maximum absolute atomic E-state index is 10.1. The van der Waals surface area contributed by atoms with Crippen LogP contribution in [-0.2, 0) is 55.8 Å². The van der Waals surface area contributed by atoms with Crippen LogP contribution in [0.3, 0.4) is 0 Å². The Morgan fingerprint density at radius 3 is 2.23 bits per heavy atom. The van der Waals surface area contributed by atoms with Crippen molar-refractivity contribution in [1.82, 2.24) is 0 Å². The molecule has 1 spiro atoms. The first-order valence-corrected chi connectivity index (χ1v) is 21.1. The number of methoxy groups -OCH3 is 1. The van der Waals surface area contributed by atoms with Gasteiger partial charge in [0.15, 0.2) is 5.79 Å². The third kappa shape index (κ3) is 8.46. The second-order valence-corrected chi connectivity index (χ2v) is 17.8. The van der Waals surface area contributed by atoms with Crippen molar-refractivity contribution in [2.75, 3.05) is 27.1 Å². The number of ether oxygens (including phenoxy) is 10. The van der Waals surface area contributed by atoms with Crippen LogP contribution in [0.25, 0.3) is 0 Å². The summed E-state index contributed by atoms with van der Waals surface area (Å²) in [5, 5.41) is 10.1.